The van der Waals surface area contributed by atoms with Gasteiger partial charge in [0.25, 0.3) is 0 Å². The van der Waals surface area contributed by atoms with Gasteiger partial charge in [0.1, 0.15) is 18.2 Å². The quantitative estimate of drug-likeness (QED) is 0.682. The topological polar surface area (TPSA) is 59.9 Å². The Hall–Kier alpha value is -0.906. The predicted molar refractivity (Wildman–Crippen MR) is 92.9 cm³/mol. The molecule has 1 atom stereocenters. The van der Waals surface area contributed by atoms with Crippen molar-refractivity contribution in [1.82, 2.24) is 15.0 Å². The number of rotatable bonds is 7. The van der Waals surface area contributed by atoms with E-state index in [1.54, 1.807) is 6.07 Å². The molecule has 1 aromatic carbocycles. The Morgan fingerprint density at radius 2 is 2.00 bits per heavy atom. The third-order valence-electron chi connectivity index (χ3n) is 3.27. The number of aromatic nitrogens is 3. The minimum Gasteiger partial charge on any atom is -0.491 e. The molecule has 2 rings (SSSR count). The first-order valence-electron chi connectivity index (χ1n) is 7.66. The molecule has 0 amide bonds. The van der Waals surface area contributed by atoms with Crippen LogP contribution in [0, 0.1) is 12.8 Å². The number of benzene rings is 1. The van der Waals surface area contributed by atoms with Gasteiger partial charge >= 0.3 is 0 Å². The van der Waals surface area contributed by atoms with Gasteiger partial charge in [0.15, 0.2) is 0 Å². The normalized spacial score (nSPS) is 11.4. The zero-order valence-electron chi connectivity index (χ0n) is 14.5. The van der Waals surface area contributed by atoms with E-state index >= 15 is 0 Å². The molecule has 2 aromatic rings. The number of halogens is 1. The Balaban J connectivity index is 0.00000288. The van der Waals surface area contributed by atoms with Crippen LogP contribution in [0.15, 0.2) is 24.3 Å². The molecule has 0 bridgehead atoms. The molecule has 7 heteroatoms. The number of nitrogens with one attached hydrogen (secondary N) is 1. The van der Waals surface area contributed by atoms with Gasteiger partial charge in [-0.05, 0) is 31.5 Å². The Morgan fingerprint density at radius 1 is 1.25 bits per heavy atom. The first kappa shape index (κ1) is 21.1. The number of anilines is 1. The van der Waals surface area contributed by atoms with Gasteiger partial charge < -0.3 is 16.0 Å². The Labute approximate surface area is 173 Å². The van der Waals surface area contributed by atoms with Gasteiger partial charge in [-0.2, -0.15) is 18.8 Å². The van der Waals surface area contributed by atoms with Gasteiger partial charge in [-0.1, -0.05) is 24.6 Å². The van der Waals surface area contributed by atoms with E-state index in [1.807, 2.05) is 39.0 Å². The van der Waals surface area contributed by atoms with Gasteiger partial charge in [0.2, 0.25) is 5.95 Å². The van der Waals surface area contributed by atoms with E-state index in [2.05, 4.69) is 27.2 Å². The van der Waals surface area contributed by atoms with Gasteiger partial charge in [-0.15, -0.1) is 0 Å². The molecule has 1 unspecified atom stereocenters. The molecule has 0 fully saturated rings. The zero-order valence-corrected chi connectivity index (χ0v) is 18.1. The van der Waals surface area contributed by atoms with Crippen LogP contribution in [0.3, 0.4) is 0 Å². The summed E-state index contributed by atoms with van der Waals surface area (Å²) in [6.45, 7) is 8.43. The summed E-state index contributed by atoms with van der Waals surface area (Å²) in [6.07, 6.45) is 0.884. The number of hydrogen-bond donors (Lipinski definition) is 1. The molecule has 1 heterocycles. The molecule has 24 heavy (non-hydrogen) atoms. The summed E-state index contributed by atoms with van der Waals surface area (Å²) in [7, 11) is 0. The number of nitrogens with zero attached hydrogens (tertiary/aromatic N) is 3. The van der Waals surface area contributed by atoms with Crippen molar-refractivity contribution in [3.8, 4) is 5.75 Å². The summed E-state index contributed by atoms with van der Waals surface area (Å²) in [6, 6.07) is 7.48. The molecule has 1 radical (unpaired) electrons. The van der Waals surface area contributed by atoms with Crippen LogP contribution in [0.2, 0.25) is 5.02 Å². The van der Waals surface area contributed by atoms with E-state index < -0.39 is 0 Å². The summed E-state index contributed by atoms with van der Waals surface area (Å²) in [4.78, 5) is 13.1. The first-order valence-corrected chi connectivity index (χ1v) is 8.04. The average molecular weight is 423 g/mol. The summed E-state index contributed by atoms with van der Waals surface area (Å²) < 4.78 is 5.80. The van der Waals surface area contributed by atoms with Gasteiger partial charge in [0.05, 0.1) is 6.04 Å². The van der Waals surface area contributed by atoms with Crippen molar-refractivity contribution in [2.45, 2.75) is 40.2 Å². The van der Waals surface area contributed by atoms with Crippen molar-refractivity contribution in [2.75, 3.05) is 11.9 Å². The molecule has 0 spiro atoms. The SMILES string of the molecule is CCC(COc1cccc(Cl)c1)Nc1nc(C)nc([C-](C)C)n1.[Y]. The largest absolute Gasteiger partial charge is 0.491 e. The summed E-state index contributed by atoms with van der Waals surface area (Å²) >= 11 is 5.96. The first-order chi connectivity index (χ1) is 11.0. The summed E-state index contributed by atoms with van der Waals surface area (Å²) in [5.74, 6) is 3.80. The van der Waals surface area contributed by atoms with Crippen molar-refractivity contribution in [3.63, 3.8) is 0 Å². The van der Waals surface area contributed by atoms with Crippen LogP contribution in [0.5, 0.6) is 5.75 Å². The van der Waals surface area contributed by atoms with E-state index in [4.69, 9.17) is 16.3 Å². The van der Waals surface area contributed by atoms with Crippen molar-refractivity contribution >= 4 is 17.5 Å². The maximum Gasteiger partial charge on any atom is 0.223 e. The van der Waals surface area contributed by atoms with Crippen LogP contribution in [0.25, 0.3) is 0 Å². The summed E-state index contributed by atoms with van der Waals surface area (Å²) in [5.41, 5.74) is 0. The maximum atomic E-state index is 5.96. The van der Waals surface area contributed by atoms with Crippen molar-refractivity contribution in [1.29, 1.82) is 0 Å². The van der Waals surface area contributed by atoms with Crippen LogP contribution in [-0.4, -0.2) is 27.6 Å². The monoisotopic (exact) mass is 422 g/mol. The smallest absolute Gasteiger partial charge is 0.223 e. The fourth-order valence-electron chi connectivity index (χ4n) is 1.97. The molecular formula is C17H22ClN4OY-. The third-order valence-corrected chi connectivity index (χ3v) is 3.50. The minimum absolute atomic E-state index is 0. The van der Waals surface area contributed by atoms with E-state index in [1.165, 1.54) is 0 Å². The van der Waals surface area contributed by atoms with Crippen LogP contribution in [0.1, 0.15) is 38.8 Å². The van der Waals surface area contributed by atoms with Crippen LogP contribution >= 0.6 is 11.6 Å². The van der Waals surface area contributed by atoms with E-state index in [0.717, 1.165) is 18.1 Å². The van der Waals surface area contributed by atoms with Crippen LogP contribution in [0.4, 0.5) is 5.95 Å². The number of hydrogen-bond acceptors (Lipinski definition) is 5. The number of aryl methyl sites for hydroxylation is 1. The number of ether oxygens (including phenoxy) is 1. The standard InChI is InChI=1S/C17H22ClN4O.Y/c1-5-14(10-23-15-8-6-7-13(18)9-15)21-17-20-12(4)19-16(22-17)11(2)3;/h6-9,14H,5,10H2,1-4H3,(H,19,20,21,22);/q-1;. The second-order valence-electron chi connectivity index (χ2n) is 5.55. The van der Waals surface area contributed by atoms with E-state index in [9.17, 15) is 0 Å². The molecule has 127 valence electrons. The molecule has 1 aromatic heterocycles. The third kappa shape index (κ3) is 6.54. The molecule has 0 aliphatic carbocycles. The molecular weight excluding hydrogens is 401 g/mol. The average Bonchev–Trinajstić information content (AvgIpc) is 2.51. The van der Waals surface area contributed by atoms with E-state index in [0.29, 0.717) is 29.2 Å². The van der Waals surface area contributed by atoms with E-state index in [-0.39, 0.29) is 38.8 Å². The fraction of sp³-hybridized carbons (Fsp3) is 0.412. The minimum atomic E-state index is 0. The molecule has 0 aliphatic rings. The molecule has 0 saturated heterocycles. The molecule has 1 N–H and O–H groups in total. The van der Waals surface area contributed by atoms with Gasteiger partial charge in [-0.3, -0.25) is 4.98 Å². The second-order valence-corrected chi connectivity index (χ2v) is 5.98. The fourth-order valence-corrected chi connectivity index (χ4v) is 2.15. The molecule has 5 nitrogen and oxygen atoms in total. The predicted octanol–water partition coefficient (Wildman–Crippen LogP) is 4.06. The van der Waals surface area contributed by atoms with Crippen molar-refractivity contribution in [2.24, 2.45) is 0 Å². The molecule has 0 aliphatic heterocycles. The van der Waals surface area contributed by atoms with Crippen molar-refractivity contribution < 1.29 is 37.4 Å². The maximum absolute atomic E-state index is 5.96. The Morgan fingerprint density at radius 3 is 2.62 bits per heavy atom. The molecule has 0 saturated carbocycles. The van der Waals surface area contributed by atoms with Gasteiger partial charge in [-0.25, -0.2) is 4.98 Å². The Bertz CT molecular complexity index is 654. The second kappa shape index (κ2) is 10.2. The van der Waals surface area contributed by atoms with Crippen LogP contribution in [-0.2, 0) is 32.7 Å². The van der Waals surface area contributed by atoms with Crippen LogP contribution < -0.4 is 10.1 Å². The Kier molecular flexibility index (Phi) is 8.96. The van der Waals surface area contributed by atoms with Crippen molar-refractivity contribution in [3.05, 3.63) is 46.9 Å². The summed E-state index contributed by atoms with van der Waals surface area (Å²) in [5, 5.41) is 3.98. The van der Waals surface area contributed by atoms with Gasteiger partial charge in [0, 0.05) is 43.6 Å². The zero-order chi connectivity index (χ0) is 16.8.